The zero-order valence-electron chi connectivity index (χ0n) is 67.4. The number of carbonyl (C=O) groups is 6. The summed E-state index contributed by atoms with van der Waals surface area (Å²) < 4.78 is 156. The van der Waals surface area contributed by atoms with Gasteiger partial charge in [-0.25, -0.2) is 0 Å². The minimum absolute atomic E-state index is 0.00770. The Morgan fingerprint density at radius 3 is 0.767 bits per heavy atom. The van der Waals surface area contributed by atoms with Gasteiger partial charge in [-0.3, -0.25) is 48.4 Å². The van der Waals surface area contributed by atoms with Gasteiger partial charge in [-0.05, 0) is 119 Å². The number of benzene rings is 9. The smallest absolute Gasteiger partial charge is 0.457 e. The van der Waals surface area contributed by atoms with Crippen LogP contribution in [0.3, 0.4) is 0 Å². The van der Waals surface area contributed by atoms with Gasteiger partial charge in [0.1, 0.15) is 58.1 Å². The van der Waals surface area contributed by atoms with E-state index < -0.39 is 113 Å². The molecule has 4 aliphatic heterocycles. The number of hydrogen-bond donors (Lipinski definition) is 0. The van der Waals surface area contributed by atoms with E-state index in [1.54, 1.807) is 48.5 Å². The lowest BCUT2D eigenvalue weighted by atomic mass is 9.80. The Hall–Kier alpha value is -9.61. The standard InChI is InChI=1S/C86H96F6N6O16Si2/c1-49(2)53-15-23-57(24-16-53)111-67-43-61-71-62(80(100)97(79(61)99)65(47-85(87,88)89)83(103)95-35-31-93(32-36-95)39-41-115(105-9,106-10)107-11)45-69(113-59-27-19-55(20-28-59)51(5)6)75-76-70(114-60-29-21-56(22-30-60)52(7)8)46-64-72-63(44-68(74(78(72)76)73(67)77(71)75)112-58-25-17-54(18-26-58)50(3)4)81(101)98(82(64)102)66(48-86(90,91)92)84(104)96-37-33-94(34-38-96)40-42-116(108-12,109-13)110-14/h15-30,43-46,49-52,65-66H,31-42,47-48H2,1-14H3. The van der Waals surface area contributed by atoms with Gasteiger partial charge >= 0.3 is 30.0 Å². The molecule has 9 aromatic carbocycles. The largest absolute Gasteiger partial charge is 0.501 e. The molecule has 13 rings (SSSR count). The lowest BCUT2D eigenvalue weighted by Gasteiger charge is -2.40. The number of fused-ring (bicyclic) bond motifs is 2. The molecule has 6 amide bonds. The summed E-state index contributed by atoms with van der Waals surface area (Å²) in [5, 5.41) is -0.298. The van der Waals surface area contributed by atoms with Crippen molar-refractivity contribution in [1.82, 2.24) is 29.4 Å². The first kappa shape index (κ1) is 84.3. The van der Waals surface area contributed by atoms with Crippen LogP contribution in [0.15, 0.2) is 121 Å². The van der Waals surface area contributed by atoms with Crippen molar-refractivity contribution >= 4 is 96.1 Å². The monoisotopic (exact) mass is 1640 g/mol. The molecule has 9 aromatic rings. The Morgan fingerprint density at radius 1 is 0.345 bits per heavy atom. The van der Waals surface area contributed by atoms with Crippen LogP contribution in [0, 0.1) is 0 Å². The molecule has 2 fully saturated rings. The van der Waals surface area contributed by atoms with Gasteiger partial charge in [0, 0.05) is 163 Å². The third-order valence-electron chi connectivity index (χ3n) is 22.8. The van der Waals surface area contributed by atoms with Crippen molar-refractivity contribution < 1.29 is 101 Å². The predicted octanol–water partition coefficient (Wildman–Crippen LogP) is 17.3. The summed E-state index contributed by atoms with van der Waals surface area (Å²) in [5.74, 6) is -7.67. The number of rotatable bonds is 30. The van der Waals surface area contributed by atoms with Crippen LogP contribution < -0.4 is 18.9 Å². The first-order valence-electron chi connectivity index (χ1n) is 38.9. The third-order valence-corrected chi connectivity index (χ3v) is 28.2. The molecule has 2 saturated heterocycles. The van der Waals surface area contributed by atoms with E-state index in [1.165, 1.54) is 76.7 Å². The van der Waals surface area contributed by atoms with E-state index in [0.717, 1.165) is 22.3 Å². The molecule has 0 saturated carbocycles. The molecule has 4 aliphatic rings. The van der Waals surface area contributed by atoms with Crippen LogP contribution in [-0.4, -0.2) is 215 Å². The summed E-state index contributed by atoms with van der Waals surface area (Å²) in [6.45, 7) is 17.0. The van der Waals surface area contributed by atoms with Crippen molar-refractivity contribution in [3.8, 4) is 46.0 Å². The summed E-state index contributed by atoms with van der Waals surface area (Å²) >= 11 is 0. The lowest BCUT2D eigenvalue weighted by molar-refractivity contribution is -0.159. The molecule has 4 heterocycles. The molecule has 0 N–H and O–H groups in total. The van der Waals surface area contributed by atoms with Crippen LogP contribution in [0.1, 0.15) is 156 Å². The second-order valence-electron chi connectivity index (χ2n) is 31.0. The number of carbonyl (C=O) groups excluding carboxylic acids is 6. The van der Waals surface area contributed by atoms with Gasteiger partial charge in [0.15, 0.2) is 0 Å². The van der Waals surface area contributed by atoms with Gasteiger partial charge in [0.2, 0.25) is 11.8 Å². The minimum atomic E-state index is -5.16. The molecule has 2 atom stereocenters. The molecule has 616 valence electrons. The molecule has 2 unspecified atom stereocenters. The quantitative estimate of drug-likeness (QED) is 0.0134. The van der Waals surface area contributed by atoms with Gasteiger partial charge < -0.3 is 55.3 Å². The van der Waals surface area contributed by atoms with E-state index >= 15 is 55.1 Å². The van der Waals surface area contributed by atoms with Crippen molar-refractivity contribution in [2.24, 2.45) is 0 Å². The highest BCUT2D eigenvalue weighted by atomic mass is 28.4. The Bertz CT molecular complexity index is 4610. The van der Waals surface area contributed by atoms with Crippen LogP contribution in [0.2, 0.25) is 12.1 Å². The number of nitrogens with zero attached hydrogens (tertiary/aromatic N) is 6. The summed E-state index contributed by atoms with van der Waals surface area (Å²) in [7, 11) is 2.66. The minimum Gasteiger partial charge on any atom is -0.457 e. The molecule has 0 aromatic heterocycles. The average Bonchev–Trinajstić information content (AvgIpc) is 0.669. The van der Waals surface area contributed by atoms with Gasteiger partial charge in [-0.1, -0.05) is 104 Å². The topological polar surface area (TPSA) is 214 Å². The third kappa shape index (κ3) is 16.7. The Kier molecular flexibility index (Phi) is 24.6. The maximum Gasteiger partial charge on any atom is 0.501 e. The molecule has 22 nitrogen and oxygen atoms in total. The van der Waals surface area contributed by atoms with Gasteiger partial charge in [-0.15, -0.1) is 0 Å². The second kappa shape index (κ2) is 33.8. The lowest BCUT2D eigenvalue weighted by Crippen LogP contribution is -2.59. The number of alkyl halides is 6. The van der Waals surface area contributed by atoms with Crippen molar-refractivity contribution in [1.29, 1.82) is 0 Å². The van der Waals surface area contributed by atoms with E-state index in [-0.39, 0.29) is 165 Å². The van der Waals surface area contributed by atoms with Crippen LogP contribution in [0.5, 0.6) is 46.0 Å². The Morgan fingerprint density at radius 2 is 0.569 bits per heavy atom. The fraction of sp³-hybridized carbons (Fsp3) is 0.419. The van der Waals surface area contributed by atoms with Crippen molar-refractivity contribution in [2.75, 3.05) is 108 Å². The molecule has 0 bridgehead atoms. The zero-order chi connectivity index (χ0) is 83.4. The number of ether oxygens (including phenoxy) is 4. The fourth-order valence-corrected chi connectivity index (χ4v) is 19.6. The van der Waals surface area contributed by atoms with Crippen LogP contribution in [0.4, 0.5) is 26.3 Å². The number of hydrogen-bond acceptors (Lipinski definition) is 18. The summed E-state index contributed by atoms with van der Waals surface area (Å²) in [6, 6.07) is 28.7. The molecule has 0 spiro atoms. The highest BCUT2D eigenvalue weighted by molar-refractivity contribution is 6.61. The van der Waals surface area contributed by atoms with Crippen molar-refractivity contribution in [3.05, 3.63) is 166 Å². The van der Waals surface area contributed by atoms with E-state index in [4.69, 9.17) is 45.5 Å². The summed E-state index contributed by atoms with van der Waals surface area (Å²) in [5.41, 5.74) is 1.99. The fourth-order valence-electron chi connectivity index (χ4n) is 16.1. The van der Waals surface area contributed by atoms with Gasteiger partial charge in [0.25, 0.3) is 23.6 Å². The highest BCUT2D eigenvalue weighted by Crippen LogP contribution is 2.59. The normalized spacial score (nSPS) is 16.1. The molecule has 0 aliphatic carbocycles. The molecule has 116 heavy (non-hydrogen) atoms. The maximum absolute atomic E-state index is 16.4. The Balaban J connectivity index is 1.10. The number of halogens is 6. The molecule has 30 heteroatoms. The Labute approximate surface area is 671 Å². The van der Waals surface area contributed by atoms with Crippen LogP contribution in [-0.2, 0) is 36.1 Å². The van der Waals surface area contributed by atoms with Crippen molar-refractivity contribution in [3.63, 3.8) is 0 Å². The molecular weight excluding hydrogens is 1540 g/mol. The van der Waals surface area contributed by atoms with Crippen LogP contribution >= 0.6 is 0 Å². The van der Waals surface area contributed by atoms with E-state index in [0.29, 0.717) is 35.0 Å². The van der Waals surface area contributed by atoms with E-state index in [2.05, 4.69) is 0 Å². The molecule has 0 radical (unpaired) electrons. The van der Waals surface area contributed by atoms with Gasteiger partial charge in [-0.2, -0.15) is 26.3 Å². The van der Waals surface area contributed by atoms with E-state index in [9.17, 15) is 0 Å². The van der Waals surface area contributed by atoms with Crippen molar-refractivity contribution in [2.45, 2.75) is 128 Å². The van der Waals surface area contributed by atoms with E-state index in [1.807, 2.05) is 114 Å². The second-order valence-corrected chi connectivity index (χ2v) is 37.2. The van der Waals surface area contributed by atoms with Gasteiger partial charge in [0.05, 0.1) is 35.1 Å². The highest BCUT2D eigenvalue weighted by Gasteiger charge is 2.52. The zero-order valence-corrected chi connectivity index (χ0v) is 69.4. The maximum atomic E-state index is 16.4. The number of imide groups is 2. The first-order chi connectivity index (χ1) is 55.2. The summed E-state index contributed by atoms with van der Waals surface area (Å²) in [4.78, 5) is 103. The van der Waals surface area contributed by atoms with Crippen LogP contribution in [0.25, 0.3) is 43.1 Å². The SMILES string of the molecule is CO[Si](CCN1CCN(C(=O)C(CC(F)(F)F)N2C(=O)c3cc(Oc4ccc(C(C)C)cc4)c4c5c(Oc6ccc(C(C)C)cc6)cc6c7c(cc(Oc8ccc(C(C)C)cc8)c(c8c(Oc9ccc(C(C)C)cc9)cc(c3c48)C2=O)c75)C(=O)N(C(CC(F)(F)F)C(=O)N2CCN(CC[Si](OC)(OC)OC)CC2)C6=O)CC1)(OC)OC. The number of amides is 6. The average molecular weight is 1640 g/mol. The predicted molar refractivity (Wildman–Crippen MR) is 429 cm³/mol. The summed E-state index contributed by atoms with van der Waals surface area (Å²) in [6.07, 6.45) is -14.2. The first-order valence-corrected chi connectivity index (χ1v) is 42.7. The molecular formula is C86H96F6N6O16Si2. The number of piperazine rings is 2.